The van der Waals surface area contributed by atoms with Crippen molar-refractivity contribution in [1.82, 2.24) is 4.72 Å². The summed E-state index contributed by atoms with van der Waals surface area (Å²) in [7, 11) is -2.48. The Morgan fingerprint density at radius 2 is 2.11 bits per heavy atom. The summed E-state index contributed by atoms with van der Waals surface area (Å²) >= 11 is 0. The van der Waals surface area contributed by atoms with Gasteiger partial charge in [0.2, 0.25) is 0 Å². The molecule has 19 heavy (non-hydrogen) atoms. The third kappa shape index (κ3) is 4.22. The highest BCUT2D eigenvalue weighted by molar-refractivity contribution is 7.90. The molecule has 0 spiro atoms. The van der Waals surface area contributed by atoms with Gasteiger partial charge in [0.1, 0.15) is 11.9 Å². The molecule has 106 valence electrons. The highest BCUT2D eigenvalue weighted by Gasteiger charge is 2.22. The molecule has 1 aromatic rings. The molecule has 1 aromatic carbocycles. The van der Waals surface area contributed by atoms with Gasteiger partial charge in [0, 0.05) is 12.7 Å². The van der Waals surface area contributed by atoms with Crippen molar-refractivity contribution < 1.29 is 22.7 Å². The summed E-state index contributed by atoms with van der Waals surface area (Å²) in [6.45, 7) is 3.54. The Labute approximate surface area is 112 Å². The van der Waals surface area contributed by atoms with E-state index in [9.17, 15) is 13.2 Å². The molecule has 0 saturated heterocycles. The van der Waals surface area contributed by atoms with Gasteiger partial charge in [-0.3, -0.25) is 4.79 Å². The number of carbonyl (C=O) groups excluding carboxylic acids is 1. The zero-order chi connectivity index (χ0) is 14.5. The summed E-state index contributed by atoms with van der Waals surface area (Å²) in [4.78, 5) is 11.6. The SMILES string of the molecule is CCO[C@@H](C)C(=O)NS(=O)(=O)c1cccc(OC)c1. The lowest BCUT2D eigenvalue weighted by atomic mass is 10.3. The lowest BCUT2D eigenvalue weighted by Crippen LogP contribution is -2.38. The molecule has 1 amide bonds. The van der Waals surface area contributed by atoms with Crippen molar-refractivity contribution in [3.8, 4) is 5.75 Å². The number of methoxy groups -OCH3 is 1. The first-order chi connectivity index (χ1) is 8.90. The topological polar surface area (TPSA) is 81.7 Å². The predicted octanol–water partition coefficient (Wildman–Crippen LogP) is 0.925. The molecule has 0 bridgehead atoms. The molecule has 6 nitrogen and oxygen atoms in total. The second-order valence-corrected chi connectivity index (χ2v) is 5.43. The Kier molecular flexibility index (Phi) is 5.31. The van der Waals surface area contributed by atoms with E-state index in [1.807, 2.05) is 4.72 Å². The van der Waals surface area contributed by atoms with Crippen molar-refractivity contribution in [2.45, 2.75) is 24.8 Å². The van der Waals surface area contributed by atoms with Gasteiger partial charge >= 0.3 is 0 Å². The van der Waals surface area contributed by atoms with Gasteiger partial charge in [0.05, 0.1) is 12.0 Å². The summed E-state index contributed by atoms with van der Waals surface area (Å²) in [5.74, 6) is -0.308. The van der Waals surface area contributed by atoms with E-state index in [2.05, 4.69) is 0 Å². The van der Waals surface area contributed by atoms with E-state index in [4.69, 9.17) is 9.47 Å². The molecule has 0 unspecified atom stereocenters. The van der Waals surface area contributed by atoms with Crippen molar-refractivity contribution >= 4 is 15.9 Å². The van der Waals surface area contributed by atoms with Crippen LogP contribution in [0.1, 0.15) is 13.8 Å². The van der Waals surface area contributed by atoms with E-state index in [0.29, 0.717) is 12.4 Å². The van der Waals surface area contributed by atoms with Crippen molar-refractivity contribution in [3.05, 3.63) is 24.3 Å². The molecular formula is C12H17NO5S. The summed E-state index contributed by atoms with van der Waals surface area (Å²) in [6.07, 6.45) is -0.828. The van der Waals surface area contributed by atoms with Gasteiger partial charge in [0.25, 0.3) is 15.9 Å². The second kappa shape index (κ2) is 6.53. The third-order valence-corrected chi connectivity index (χ3v) is 3.72. The predicted molar refractivity (Wildman–Crippen MR) is 69.4 cm³/mol. The standard InChI is InChI=1S/C12H17NO5S/c1-4-18-9(2)12(14)13-19(15,16)11-7-5-6-10(8-11)17-3/h5-9H,4H2,1-3H3,(H,13,14)/t9-/m0/s1. The van der Waals surface area contributed by atoms with Crippen LogP contribution < -0.4 is 9.46 Å². The molecule has 0 aliphatic carbocycles. The third-order valence-electron chi connectivity index (χ3n) is 2.37. The van der Waals surface area contributed by atoms with Crippen molar-refractivity contribution in [2.75, 3.05) is 13.7 Å². The number of sulfonamides is 1. The van der Waals surface area contributed by atoms with E-state index >= 15 is 0 Å². The first-order valence-corrected chi connectivity index (χ1v) is 7.21. The van der Waals surface area contributed by atoms with Crippen LogP contribution in [-0.2, 0) is 19.6 Å². The Balaban J connectivity index is 2.89. The number of nitrogens with one attached hydrogen (secondary N) is 1. The molecule has 0 aliphatic rings. The number of carbonyl (C=O) groups is 1. The van der Waals surface area contributed by atoms with Crippen LogP contribution in [0, 0.1) is 0 Å². The Hall–Kier alpha value is -1.60. The van der Waals surface area contributed by atoms with Gasteiger partial charge in [-0.05, 0) is 26.0 Å². The first-order valence-electron chi connectivity index (χ1n) is 5.73. The largest absolute Gasteiger partial charge is 0.497 e. The maximum Gasteiger partial charge on any atom is 0.264 e. The van der Waals surface area contributed by atoms with Crippen LogP contribution in [0.15, 0.2) is 29.2 Å². The van der Waals surface area contributed by atoms with Crippen LogP contribution in [0.25, 0.3) is 0 Å². The molecule has 0 saturated carbocycles. The number of amides is 1. The minimum absolute atomic E-state index is 0.0381. The molecule has 0 heterocycles. The fourth-order valence-corrected chi connectivity index (χ4v) is 2.45. The van der Waals surface area contributed by atoms with E-state index in [1.54, 1.807) is 13.0 Å². The van der Waals surface area contributed by atoms with Crippen LogP contribution >= 0.6 is 0 Å². The minimum Gasteiger partial charge on any atom is -0.497 e. The van der Waals surface area contributed by atoms with E-state index < -0.39 is 22.0 Å². The maximum atomic E-state index is 12.0. The van der Waals surface area contributed by atoms with E-state index in [-0.39, 0.29) is 4.90 Å². The molecule has 1 rings (SSSR count). The highest BCUT2D eigenvalue weighted by Crippen LogP contribution is 2.16. The first kappa shape index (κ1) is 15.5. The molecule has 0 aliphatic heterocycles. The van der Waals surface area contributed by atoms with Crippen LogP contribution in [-0.4, -0.2) is 34.1 Å². The van der Waals surface area contributed by atoms with E-state index in [1.165, 1.54) is 32.2 Å². The van der Waals surface area contributed by atoms with Gasteiger partial charge in [-0.1, -0.05) is 6.07 Å². The average molecular weight is 287 g/mol. The lowest BCUT2D eigenvalue weighted by molar-refractivity contribution is -0.129. The fraction of sp³-hybridized carbons (Fsp3) is 0.417. The summed E-state index contributed by atoms with van der Waals surface area (Å²) in [6, 6.07) is 5.86. The number of hydrogen-bond acceptors (Lipinski definition) is 5. The molecule has 1 atom stereocenters. The zero-order valence-corrected chi connectivity index (χ0v) is 11.9. The summed E-state index contributed by atoms with van der Waals surface area (Å²) in [5, 5.41) is 0. The van der Waals surface area contributed by atoms with E-state index in [0.717, 1.165) is 0 Å². The maximum absolute atomic E-state index is 12.0. The normalized spacial score (nSPS) is 12.8. The monoisotopic (exact) mass is 287 g/mol. The Morgan fingerprint density at radius 3 is 2.68 bits per heavy atom. The van der Waals surface area contributed by atoms with Crippen LogP contribution in [0.4, 0.5) is 0 Å². The number of ether oxygens (including phenoxy) is 2. The Bertz CT molecular complexity index is 541. The molecule has 1 N–H and O–H groups in total. The molecule has 0 fully saturated rings. The Morgan fingerprint density at radius 1 is 1.42 bits per heavy atom. The molecule has 0 radical (unpaired) electrons. The number of rotatable bonds is 6. The number of benzene rings is 1. The average Bonchev–Trinajstić information content (AvgIpc) is 2.38. The van der Waals surface area contributed by atoms with Gasteiger partial charge < -0.3 is 9.47 Å². The number of hydrogen-bond donors (Lipinski definition) is 1. The zero-order valence-electron chi connectivity index (χ0n) is 11.0. The summed E-state index contributed by atoms with van der Waals surface area (Å²) < 4.78 is 35.9. The highest BCUT2D eigenvalue weighted by atomic mass is 32.2. The molecule has 0 aromatic heterocycles. The fourth-order valence-electron chi connectivity index (χ4n) is 1.37. The lowest BCUT2D eigenvalue weighted by Gasteiger charge is -2.12. The van der Waals surface area contributed by atoms with Crippen LogP contribution in [0.5, 0.6) is 5.75 Å². The minimum atomic E-state index is -3.91. The van der Waals surface area contributed by atoms with Gasteiger partial charge in [-0.2, -0.15) is 0 Å². The van der Waals surface area contributed by atoms with Gasteiger partial charge in [-0.15, -0.1) is 0 Å². The quantitative estimate of drug-likeness (QED) is 0.841. The van der Waals surface area contributed by atoms with Crippen molar-refractivity contribution in [2.24, 2.45) is 0 Å². The van der Waals surface area contributed by atoms with Gasteiger partial charge in [-0.25, -0.2) is 13.1 Å². The molecular weight excluding hydrogens is 270 g/mol. The van der Waals surface area contributed by atoms with Crippen molar-refractivity contribution in [1.29, 1.82) is 0 Å². The van der Waals surface area contributed by atoms with Crippen molar-refractivity contribution in [3.63, 3.8) is 0 Å². The van der Waals surface area contributed by atoms with Gasteiger partial charge in [0.15, 0.2) is 0 Å². The van der Waals surface area contributed by atoms with Crippen LogP contribution in [0.2, 0.25) is 0 Å². The van der Waals surface area contributed by atoms with Crippen LogP contribution in [0.3, 0.4) is 0 Å². The smallest absolute Gasteiger partial charge is 0.264 e. The summed E-state index contributed by atoms with van der Waals surface area (Å²) in [5.41, 5.74) is 0. The molecule has 7 heteroatoms. The second-order valence-electron chi connectivity index (χ2n) is 3.75.